The Bertz CT molecular complexity index is 1090. The largest absolute Gasteiger partial charge is 0.481 e. The molecule has 2 rings (SSSR count). The van der Waals surface area contributed by atoms with Gasteiger partial charge in [-0.25, -0.2) is 9.78 Å². The lowest BCUT2D eigenvalue weighted by Crippen LogP contribution is -2.59. The second-order valence-corrected chi connectivity index (χ2v) is 9.01. The van der Waals surface area contributed by atoms with Gasteiger partial charge in [-0.15, -0.1) is 0 Å². The molecule has 206 valence electrons. The number of rotatable bonds is 15. The van der Waals surface area contributed by atoms with Crippen LogP contribution in [0.15, 0.2) is 42.9 Å². The van der Waals surface area contributed by atoms with E-state index in [1.165, 1.54) is 12.5 Å². The van der Waals surface area contributed by atoms with Crippen molar-refractivity contribution in [3.8, 4) is 0 Å². The minimum Gasteiger partial charge on any atom is -0.481 e. The van der Waals surface area contributed by atoms with Crippen molar-refractivity contribution in [1.82, 2.24) is 25.9 Å². The van der Waals surface area contributed by atoms with Gasteiger partial charge in [-0.3, -0.25) is 19.2 Å². The third-order valence-electron chi connectivity index (χ3n) is 6.03. The normalized spacial score (nSPS) is 14.8. The van der Waals surface area contributed by atoms with E-state index in [1.807, 2.05) is 6.92 Å². The highest BCUT2D eigenvalue weighted by Crippen LogP contribution is 2.11. The van der Waals surface area contributed by atoms with E-state index in [-0.39, 0.29) is 18.8 Å². The van der Waals surface area contributed by atoms with Gasteiger partial charge in [0.2, 0.25) is 17.7 Å². The van der Waals surface area contributed by atoms with Gasteiger partial charge < -0.3 is 36.9 Å². The molecular weight excluding hydrogens is 496 g/mol. The number of imidazole rings is 1. The first kappa shape index (κ1) is 30.0. The number of H-pyrrole nitrogens is 1. The van der Waals surface area contributed by atoms with Crippen LogP contribution in [0.2, 0.25) is 0 Å². The number of aliphatic carboxylic acids is 2. The highest BCUT2D eigenvalue weighted by Gasteiger charge is 2.33. The monoisotopic (exact) mass is 530 g/mol. The van der Waals surface area contributed by atoms with E-state index in [2.05, 4.69) is 25.9 Å². The lowest BCUT2D eigenvalue weighted by Gasteiger charge is -2.28. The first-order valence-corrected chi connectivity index (χ1v) is 12.1. The maximum Gasteiger partial charge on any atom is 0.326 e. The summed E-state index contributed by atoms with van der Waals surface area (Å²) in [6.07, 6.45) is 2.83. The van der Waals surface area contributed by atoms with Crippen LogP contribution in [-0.4, -0.2) is 74.0 Å². The number of hydrogen-bond donors (Lipinski definition) is 7. The second kappa shape index (κ2) is 14.5. The lowest BCUT2D eigenvalue weighted by atomic mass is 9.96. The molecule has 5 unspecified atom stereocenters. The number of amides is 3. The van der Waals surface area contributed by atoms with E-state index in [0.717, 1.165) is 0 Å². The van der Waals surface area contributed by atoms with Crippen molar-refractivity contribution >= 4 is 29.7 Å². The molecule has 0 aliphatic carbocycles. The highest BCUT2D eigenvalue weighted by molar-refractivity contribution is 5.95. The Morgan fingerprint density at radius 1 is 0.947 bits per heavy atom. The summed E-state index contributed by atoms with van der Waals surface area (Å²) in [7, 11) is 0. The Kier molecular flexibility index (Phi) is 11.4. The summed E-state index contributed by atoms with van der Waals surface area (Å²) >= 11 is 0. The van der Waals surface area contributed by atoms with Gasteiger partial charge in [-0.1, -0.05) is 50.6 Å². The predicted molar refractivity (Wildman–Crippen MR) is 136 cm³/mol. The zero-order valence-corrected chi connectivity index (χ0v) is 21.2. The lowest BCUT2D eigenvalue weighted by molar-refractivity contribution is -0.147. The molecule has 1 heterocycles. The molecule has 13 heteroatoms. The minimum absolute atomic E-state index is 0.00165. The van der Waals surface area contributed by atoms with Crippen molar-refractivity contribution < 1.29 is 34.2 Å². The first-order chi connectivity index (χ1) is 18.0. The summed E-state index contributed by atoms with van der Waals surface area (Å²) in [5.41, 5.74) is 7.33. The molecule has 38 heavy (non-hydrogen) atoms. The predicted octanol–water partition coefficient (Wildman–Crippen LogP) is -0.418. The standard InChI is InChI=1S/C25H34N6O7/c1-3-14(2)21(31-22(34)17(26)10-16-12-27-13-28-16)24(36)29-18(9-15-7-5-4-6-8-15)23(35)30-19(25(37)38)11-20(32)33/h4-8,12-14,17-19,21H,3,9-11,26H2,1-2H3,(H,27,28)(H,29,36)(H,30,35)(H,31,34)(H,32,33)(H,37,38). The van der Waals surface area contributed by atoms with E-state index >= 15 is 0 Å². The van der Waals surface area contributed by atoms with Gasteiger partial charge >= 0.3 is 11.9 Å². The number of nitrogens with one attached hydrogen (secondary N) is 4. The zero-order chi connectivity index (χ0) is 28.2. The zero-order valence-electron chi connectivity index (χ0n) is 21.2. The minimum atomic E-state index is -1.69. The summed E-state index contributed by atoms with van der Waals surface area (Å²) in [6.45, 7) is 3.59. The number of aromatic amines is 1. The Labute approximate surface area is 219 Å². The van der Waals surface area contributed by atoms with Crippen LogP contribution in [0.25, 0.3) is 0 Å². The van der Waals surface area contributed by atoms with Gasteiger partial charge in [0.15, 0.2) is 0 Å². The molecule has 1 aromatic carbocycles. The average molecular weight is 531 g/mol. The number of hydrogen-bond acceptors (Lipinski definition) is 7. The Morgan fingerprint density at radius 2 is 1.61 bits per heavy atom. The van der Waals surface area contributed by atoms with E-state index in [1.54, 1.807) is 37.3 Å². The van der Waals surface area contributed by atoms with E-state index in [4.69, 9.17) is 10.8 Å². The molecule has 0 fully saturated rings. The van der Waals surface area contributed by atoms with Crippen molar-refractivity contribution in [3.63, 3.8) is 0 Å². The van der Waals surface area contributed by atoms with Crippen LogP contribution in [0.4, 0.5) is 0 Å². The molecule has 13 nitrogen and oxygen atoms in total. The first-order valence-electron chi connectivity index (χ1n) is 12.1. The van der Waals surface area contributed by atoms with Gasteiger partial charge in [0.25, 0.3) is 0 Å². The molecule has 8 N–H and O–H groups in total. The maximum atomic E-state index is 13.3. The fourth-order valence-electron chi connectivity index (χ4n) is 3.66. The van der Waals surface area contributed by atoms with Gasteiger partial charge in [0.05, 0.1) is 18.8 Å². The SMILES string of the molecule is CCC(C)C(NC(=O)C(N)Cc1cnc[nH]1)C(=O)NC(Cc1ccccc1)C(=O)NC(CC(=O)O)C(=O)O. The number of nitrogens with two attached hydrogens (primary N) is 1. The van der Waals surface area contributed by atoms with E-state index in [0.29, 0.717) is 17.7 Å². The number of aromatic nitrogens is 2. The maximum absolute atomic E-state index is 13.3. The van der Waals surface area contributed by atoms with Crippen LogP contribution in [0.3, 0.4) is 0 Å². The highest BCUT2D eigenvalue weighted by atomic mass is 16.4. The number of benzene rings is 1. The smallest absolute Gasteiger partial charge is 0.326 e. The number of carboxylic acid groups (broad SMARTS) is 2. The van der Waals surface area contributed by atoms with Gasteiger partial charge in [0.1, 0.15) is 18.1 Å². The molecule has 3 amide bonds. The van der Waals surface area contributed by atoms with Crippen molar-refractivity contribution in [2.75, 3.05) is 0 Å². The Morgan fingerprint density at radius 3 is 2.16 bits per heavy atom. The second-order valence-electron chi connectivity index (χ2n) is 9.01. The number of carbonyl (C=O) groups excluding carboxylic acids is 3. The van der Waals surface area contributed by atoms with Gasteiger partial charge in [-0.05, 0) is 11.5 Å². The molecule has 0 spiro atoms. The molecular formula is C25H34N6O7. The molecule has 0 saturated heterocycles. The van der Waals surface area contributed by atoms with E-state index < -0.39 is 60.2 Å². The summed E-state index contributed by atoms with van der Waals surface area (Å²) in [5.74, 6) is -5.38. The van der Waals surface area contributed by atoms with Crippen LogP contribution in [0.5, 0.6) is 0 Å². The van der Waals surface area contributed by atoms with Crippen LogP contribution in [0, 0.1) is 5.92 Å². The molecule has 5 atom stereocenters. The van der Waals surface area contributed by atoms with Crippen molar-refractivity contribution in [1.29, 1.82) is 0 Å². The molecule has 0 bridgehead atoms. The summed E-state index contributed by atoms with van der Waals surface area (Å²) in [6, 6.07) is 3.74. The number of nitrogens with zero attached hydrogens (tertiary/aromatic N) is 1. The van der Waals surface area contributed by atoms with E-state index in [9.17, 15) is 29.1 Å². The quantitative estimate of drug-likeness (QED) is 0.159. The van der Waals surface area contributed by atoms with Crippen molar-refractivity contribution in [3.05, 3.63) is 54.1 Å². The molecule has 0 saturated carbocycles. The van der Waals surface area contributed by atoms with Crippen LogP contribution in [-0.2, 0) is 36.8 Å². The molecule has 0 radical (unpaired) electrons. The molecule has 0 aliphatic rings. The van der Waals surface area contributed by atoms with Crippen LogP contribution in [0.1, 0.15) is 37.9 Å². The fourth-order valence-corrected chi connectivity index (χ4v) is 3.66. The molecule has 1 aromatic heterocycles. The Balaban J connectivity index is 2.21. The number of carbonyl (C=O) groups is 5. The summed E-state index contributed by atoms with van der Waals surface area (Å²) in [4.78, 5) is 68.5. The summed E-state index contributed by atoms with van der Waals surface area (Å²) in [5, 5.41) is 25.8. The van der Waals surface area contributed by atoms with Crippen molar-refractivity contribution in [2.45, 2.75) is 63.7 Å². The molecule has 2 aromatic rings. The fraction of sp³-hybridized carbons (Fsp3) is 0.440. The molecule has 0 aliphatic heterocycles. The van der Waals surface area contributed by atoms with Crippen LogP contribution >= 0.6 is 0 Å². The summed E-state index contributed by atoms with van der Waals surface area (Å²) < 4.78 is 0. The van der Waals surface area contributed by atoms with Gasteiger partial charge in [0, 0.05) is 24.7 Å². The number of carboxylic acids is 2. The topological polar surface area (TPSA) is 217 Å². The third-order valence-corrected chi connectivity index (χ3v) is 6.03. The van der Waals surface area contributed by atoms with Crippen molar-refractivity contribution in [2.24, 2.45) is 11.7 Å². The average Bonchev–Trinajstić information content (AvgIpc) is 3.39. The van der Waals surface area contributed by atoms with Gasteiger partial charge in [-0.2, -0.15) is 0 Å². The third kappa shape index (κ3) is 9.32. The van der Waals surface area contributed by atoms with Crippen LogP contribution < -0.4 is 21.7 Å². The Hall–Kier alpha value is -4.26.